The van der Waals surface area contributed by atoms with Crippen molar-refractivity contribution in [2.45, 2.75) is 46.6 Å². The van der Waals surface area contributed by atoms with Gasteiger partial charge in [-0.25, -0.2) is 4.39 Å². The van der Waals surface area contributed by atoms with E-state index >= 15 is 0 Å². The first-order valence-corrected chi connectivity index (χ1v) is 10.2. The van der Waals surface area contributed by atoms with Gasteiger partial charge in [0.1, 0.15) is 5.82 Å². The Morgan fingerprint density at radius 3 is 2.71 bits per heavy atom. The van der Waals surface area contributed by atoms with Gasteiger partial charge < -0.3 is 20.9 Å². The predicted molar refractivity (Wildman–Crippen MR) is 113 cm³/mol. The monoisotopic (exact) mass is 391 g/mol. The molecular weight excluding hydrogens is 357 g/mol. The van der Waals surface area contributed by atoms with Crippen molar-refractivity contribution in [1.29, 1.82) is 0 Å². The van der Waals surface area contributed by atoms with E-state index in [4.69, 9.17) is 0 Å². The number of carbonyl (C=O) groups is 1. The first-order chi connectivity index (χ1) is 13.4. The molecule has 0 aliphatic carbocycles. The number of halogens is 1. The summed E-state index contributed by atoms with van der Waals surface area (Å²) in [6, 6.07) is 6.95. The molecule has 1 amide bonds. The van der Waals surface area contributed by atoms with Crippen molar-refractivity contribution in [1.82, 2.24) is 16.0 Å². The third-order valence-electron chi connectivity index (χ3n) is 4.86. The maximum absolute atomic E-state index is 13.6. The molecule has 1 aromatic carbocycles. The summed E-state index contributed by atoms with van der Waals surface area (Å²) in [7, 11) is 0. The van der Waals surface area contributed by atoms with E-state index in [0.717, 1.165) is 38.2 Å². The van der Waals surface area contributed by atoms with E-state index in [1.165, 1.54) is 6.07 Å². The van der Waals surface area contributed by atoms with Crippen LogP contribution in [0.5, 0.6) is 0 Å². The van der Waals surface area contributed by atoms with Crippen LogP contribution in [0.15, 0.2) is 29.3 Å². The molecule has 1 atom stereocenters. The fraction of sp³-hybridized carbons (Fsp3) is 0.619. The highest BCUT2D eigenvalue weighted by Crippen LogP contribution is 2.21. The summed E-state index contributed by atoms with van der Waals surface area (Å²) < 4.78 is 13.6. The van der Waals surface area contributed by atoms with Crippen LogP contribution in [0.4, 0.5) is 10.1 Å². The molecule has 0 bridgehead atoms. The quantitative estimate of drug-likeness (QED) is 0.493. The molecule has 156 valence electrons. The van der Waals surface area contributed by atoms with Gasteiger partial charge in [-0.1, -0.05) is 6.07 Å². The first-order valence-electron chi connectivity index (χ1n) is 10.2. The number of hydrogen-bond acceptors (Lipinski definition) is 3. The van der Waals surface area contributed by atoms with E-state index in [0.29, 0.717) is 19.0 Å². The Kier molecular flexibility index (Phi) is 8.08. The molecule has 1 aromatic rings. The second-order valence-electron chi connectivity index (χ2n) is 7.85. The third-order valence-corrected chi connectivity index (χ3v) is 4.86. The van der Waals surface area contributed by atoms with Crippen LogP contribution in [0.3, 0.4) is 0 Å². The number of anilines is 1. The van der Waals surface area contributed by atoms with Gasteiger partial charge in [0, 0.05) is 37.9 Å². The summed E-state index contributed by atoms with van der Waals surface area (Å²) in [6.45, 7) is 11.2. The SMILES string of the molecule is CCNC(=O)C(C)(C)CN=C(NCC)NC1CCCN(c2cccc(F)c2)C1. The van der Waals surface area contributed by atoms with Crippen LogP contribution in [0.1, 0.15) is 40.5 Å². The van der Waals surface area contributed by atoms with Crippen molar-refractivity contribution in [3.8, 4) is 0 Å². The highest BCUT2D eigenvalue weighted by atomic mass is 19.1. The lowest BCUT2D eigenvalue weighted by Gasteiger charge is -2.35. The number of guanidine groups is 1. The van der Waals surface area contributed by atoms with Crippen LogP contribution in [0, 0.1) is 11.2 Å². The lowest BCUT2D eigenvalue weighted by molar-refractivity contribution is -0.128. The van der Waals surface area contributed by atoms with Crippen molar-refractivity contribution in [2.24, 2.45) is 10.4 Å². The number of amides is 1. The van der Waals surface area contributed by atoms with Crippen LogP contribution in [-0.2, 0) is 4.79 Å². The Bertz CT molecular complexity index is 677. The number of nitrogens with zero attached hydrogens (tertiary/aromatic N) is 2. The zero-order valence-electron chi connectivity index (χ0n) is 17.5. The lowest BCUT2D eigenvalue weighted by atomic mass is 9.92. The van der Waals surface area contributed by atoms with Gasteiger partial charge in [-0.2, -0.15) is 0 Å². The van der Waals surface area contributed by atoms with E-state index in [1.54, 1.807) is 12.1 Å². The molecule has 0 radical (unpaired) electrons. The molecule has 1 saturated heterocycles. The molecule has 6 nitrogen and oxygen atoms in total. The first kappa shape index (κ1) is 22.0. The van der Waals surface area contributed by atoms with Crippen molar-refractivity contribution < 1.29 is 9.18 Å². The number of aliphatic imine (C=N–C) groups is 1. The molecule has 0 saturated carbocycles. The van der Waals surface area contributed by atoms with Crippen LogP contribution in [0.2, 0.25) is 0 Å². The summed E-state index contributed by atoms with van der Waals surface area (Å²) >= 11 is 0. The van der Waals surface area contributed by atoms with Crippen molar-refractivity contribution in [3.63, 3.8) is 0 Å². The zero-order chi connectivity index (χ0) is 20.6. The normalized spacial score (nSPS) is 18.0. The molecule has 1 fully saturated rings. The van der Waals surface area contributed by atoms with Gasteiger partial charge in [0.15, 0.2) is 5.96 Å². The third kappa shape index (κ3) is 6.39. The minimum absolute atomic E-state index is 0.00421. The zero-order valence-corrected chi connectivity index (χ0v) is 17.5. The van der Waals surface area contributed by atoms with E-state index in [2.05, 4.69) is 25.8 Å². The molecule has 0 spiro atoms. The standard InChI is InChI=1S/C21H34FN5O/c1-5-23-19(28)21(3,4)15-25-20(24-6-2)26-17-10-8-12-27(14-17)18-11-7-9-16(22)13-18/h7,9,11,13,17H,5-6,8,10,12,14-15H2,1-4H3,(H,23,28)(H2,24,25,26). The second kappa shape index (κ2) is 10.3. The van der Waals surface area contributed by atoms with Gasteiger partial charge >= 0.3 is 0 Å². The molecule has 28 heavy (non-hydrogen) atoms. The van der Waals surface area contributed by atoms with Crippen molar-refractivity contribution >= 4 is 17.6 Å². The predicted octanol–water partition coefficient (Wildman–Crippen LogP) is 2.51. The van der Waals surface area contributed by atoms with Gasteiger partial charge in [-0.15, -0.1) is 0 Å². The maximum Gasteiger partial charge on any atom is 0.227 e. The van der Waals surface area contributed by atoms with Crippen LogP contribution < -0.4 is 20.9 Å². The molecule has 2 rings (SSSR count). The fourth-order valence-electron chi connectivity index (χ4n) is 3.26. The highest BCUT2D eigenvalue weighted by Gasteiger charge is 2.27. The van der Waals surface area contributed by atoms with Gasteiger partial charge in [-0.3, -0.25) is 9.79 Å². The Balaban J connectivity index is 2.01. The summed E-state index contributed by atoms with van der Waals surface area (Å²) in [5.41, 5.74) is 0.337. The maximum atomic E-state index is 13.6. The number of piperidine rings is 1. The second-order valence-corrected chi connectivity index (χ2v) is 7.85. The Hall–Kier alpha value is -2.31. The van der Waals surface area contributed by atoms with E-state index in [9.17, 15) is 9.18 Å². The van der Waals surface area contributed by atoms with E-state index in [1.807, 2.05) is 33.8 Å². The van der Waals surface area contributed by atoms with Crippen molar-refractivity contribution in [3.05, 3.63) is 30.1 Å². The number of hydrogen-bond donors (Lipinski definition) is 3. The smallest absolute Gasteiger partial charge is 0.227 e. The van der Waals surface area contributed by atoms with E-state index < -0.39 is 5.41 Å². The molecule has 1 aliphatic rings. The number of nitrogens with one attached hydrogen (secondary N) is 3. The molecule has 3 N–H and O–H groups in total. The van der Waals surface area contributed by atoms with Gasteiger partial charge in [0.2, 0.25) is 5.91 Å². The topological polar surface area (TPSA) is 68.8 Å². The van der Waals surface area contributed by atoms with Crippen LogP contribution in [0.25, 0.3) is 0 Å². The Morgan fingerprint density at radius 1 is 1.29 bits per heavy atom. The van der Waals surface area contributed by atoms with Gasteiger partial charge in [0.05, 0.1) is 12.0 Å². The average Bonchev–Trinajstić information content (AvgIpc) is 2.67. The molecule has 0 aromatic heterocycles. The number of rotatable bonds is 7. The van der Waals surface area contributed by atoms with Gasteiger partial charge in [0.25, 0.3) is 0 Å². The Morgan fingerprint density at radius 2 is 2.04 bits per heavy atom. The lowest BCUT2D eigenvalue weighted by Crippen LogP contribution is -2.51. The Labute approximate surface area is 168 Å². The fourth-order valence-corrected chi connectivity index (χ4v) is 3.26. The van der Waals surface area contributed by atoms with Crippen LogP contribution in [-0.4, -0.2) is 50.6 Å². The summed E-state index contributed by atoms with van der Waals surface area (Å²) in [4.78, 5) is 19.0. The minimum Gasteiger partial charge on any atom is -0.369 e. The largest absolute Gasteiger partial charge is 0.369 e. The number of carbonyl (C=O) groups excluding carboxylic acids is 1. The molecule has 1 heterocycles. The molecule has 1 unspecified atom stereocenters. The number of benzene rings is 1. The minimum atomic E-state index is -0.571. The highest BCUT2D eigenvalue weighted by molar-refractivity contribution is 5.83. The van der Waals surface area contributed by atoms with Crippen molar-refractivity contribution in [2.75, 3.05) is 37.6 Å². The molecular formula is C21H34FN5O. The molecule has 7 heteroatoms. The average molecular weight is 392 g/mol. The summed E-state index contributed by atoms with van der Waals surface area (Å²) in [5, 5.41) is 9.62. The summed E-state index contributed by atoms with van der Waals surface area (Å²) in [6.07, 6.45) is 2.05. The summed E-state index contributed by atoms with van der Waals surface area (Å²) in [5.74, 6) is 0.505. The molecule has 1 aliphatic heterocycles. The van der Waals surface area contributed by atoms with E-state index in [-0.39, 0.29) is 17.8 Å². The van der Waals surface area contributed by atoms with Crippen LogP contribution >= 0.6 is 0 Å². The van der Waals surface area contributed by atoms with Gasteiger partial charge in [-0.05, 0) is 58.7 Å².